The average Bonchev–Trinajstić information content (AvgIpc) is 3.28. The number of esters is 2. The molecule has 0 bridgehead atoms. The Balaban J connectivity index is 4.18. The van der Waals surface area contributed by atoms with Crippen LogP contribution < -0.4 is 5.11 Å². The van der Waals surface area contributed by atoms with Gasteiger partial charge in [-0.2, -0.15) is 0 Å². The van der Waals surface area contributed by atoms with Crippen molar-refractivity contribution < 1.29 is 42.9 Å². The molecule has 2 atom stereocenters. The van der Waals surface area contributed by atoms with E-state index >= 15 is 0 Å². The highest BCUT2D eigenvalue weighted by Crippen LogP contribution is 2.18. The number of likely N-dealkylation sites (N-methyl/N-ethyl adjacent to an activating group) is 1. The molecule has 0 saturated carbocycles. The Kier molecular flexibility index (Phi) is 48.4. The van der Waals surface area contributed by atoms with Gasteiger partial charge in [0.1, 0.15) is 13.2 Å². The van der Waals surface area contributed by atoms with Crippen molar-refractivity contribution in [1.82, 2.24) is 0 Å². The second kappa shape index (κ2) is 49.7. The molecule has 0 radical (unpaired) electrons. The Morgan fingerprint density at radius 3 is 0.970 bits per heavy atom. The van der Waals surface area contributed by atoms with Gasteiger partial charge in [0.25, 0.3) is 0 Å². The third-order valence-electron chi connectivity index (χ3n) is 13.1. The lowest BCUT2D eigenvalue weighted by Gasteiger charge is -2.26. The third-order valence-corrected chi connectivity index (χ3v) is 13.1. The van der Waals surface area contributed by atoms with E-state index in [0.717, 1.165) is 38.5 Å². The zero-order valence-electron chi connectivity index (χ0n) is 44.6. The van der Waals surface area contributed by atoms with Crippen LogP contribution in [0.2, 0.25) is 0 Å². The Morgan fingerprint density at radius 2 is 0.682 bits per heavy atom. The molecule has 392 valence electrons. The van der Waals surface area contributed by atoms with Crippen LogP contribution in [-0.4, -0.2) is 82.3 Å². The summed E-state index contributed by atoms with van der Waals surface area (Å²) < 4.78 is 22.7. The van der Waals surface area contributed by atoms with Crippen molar-refractivity contribution >= 4 is 17.9 Å². The van der Waals surface area contributed by atoms with Crippen molar-refractivity contribution in [2.45, 2.75) is 302 Å². The first-order valence-corrected chi connectivity index (χ1v) is 28.7. The van der Waals surface area contributed by atoms with E-state index in [1.165, 1.54) is 225 Å². The highest BCUT2D eigenvalue weighted by atomic mass is 16.7. The minimum absolute atomic E-state index is 0.153. The van der Waals surface area contributed by atoms with Gasteiger partial charge in [0.15, 0.2) is 12.4 Å². The van der Waals surface area contributed by atoms with Gasteiger partial charge < -0.3 is 33.3 Å². The van der Waals surface area contributed by atoms with Gasteiger partial charge in [-0.15, -0.1) is 0 Å². The molecular weight excluding hydrogens is 827 g/mol. The zero-order chi connectivity index (χ0) is 48.4. The maximum Gasteiger partial charge on any atom is 0.306 e. The smallest absolute Gasteiger partial charge is 0.306 e. The van der Waals surface area contributed by atoms with Crippen LogP contribution in [0.4, 0.5) is 0 Å². The molecule has 0 aromatic carbocycles. The van der Waals surface area contributed by atoms with Crippen LogP contribution in [0.5, 0.6) is 0 Å². The third kappa shape index (κ3) is 50.2. The number of carboxylic acid groups (broad SMARTS) is 1. The molecule has 0 aliphatic carbocycles. The second-order valence-corrected chi connectivity index (χ2v) is 21.0. The molecule has 0 N–H and O–H groups in total. The van der Waals surface area contributed by atoms with Crippen LogP contribution in [0.1, 0.15) is 290 Å². The van der Waals surface area contributed by atoms with Crippen LogP contribution in [0.15, 0.2) is 0 Å². The topological polar surface area (TPSA) is 111 Å². The number of quaternary nitrogens is 1. The van der Waals surface area contributed by atoms with Crippen molar-refractivity contribution in [3.63, 3.8) is 0 Å². The first-order valence-electron chi connectivity index (χ1n) is 28.7. The highest BCUT2D eigenvalue weighted by Gasteiger charge is 2.22. The van der Waals surface area contributed by atoms with E-state index in [4.69, 9.17) is 18.9 Å². The lowest BCUT2D eigenvalue weighted by Crippen LogP contribution is -2.44. The van der Waals surface area contributed by atoms with Gasteiger partial charge in [-0.3, -0.25) is 9.59 Å². The minimum Gasteiger partial charge on any atom is -0.545 e. The number of aliphatic carboxylic acids is 1. The van der Waals surface area contributed by atoms with Crippen molar-refractivity contribution in [3.8, 4) is 0 Å². The molecular formula is C57H111NO8. The Hall–Kier alpha value is -1.71. The van der Waals surface area contributed by atoms with E-state index in [9.17, 15) is 19.5 Å². The Bertz CT molecular complexity index is 1050. The van der Waals surface area contributed by atoms with Gasteiger partial charge >= 0.3 is 11.9 Å². The quantitative estimate of drug-likeness (QED) is 0.0257. The first kappa shape index (κ1) is 64.3. The van der Waals surface area contributed by atoms with Crippen LogP contribution >= 0.6 is 0 Å². The average molecular weight is 939 g/mol. The zero-order valence-corrected chi connectivity index (χ0v) is 44.6. The lowest BCUT2D eigenvalue weighted by atomic mass is 10.0. The summed E-state index contributed by atoms with van der Waals surface area (Å²) in [6, 6.07) is 0. The normalized spacial score (nSPS) is 12.7. The minimum atomic E-state index is -1.61. The molecule has 0 heterocycles. The molecule has 9 heteroatoms. The second-order valence-electron chi connectivity index (χ2n) is 21.0. The number of carbonyl (C=O) groups is 3. The standard InChI is InChI=1S/C57H111NO8/c1-6-8-10-12-14-16-18-20-22-24-25-26-27-28-29-30-32-34-36-38-40-42-44-46-48-55(60)66-53(52-65-57(56(61)62)63-50-49-58(3,4)5)51-64-54(59)47-45-43-41-39-37-35-33-31-23-21-19-17-15-13-11-9-7-2/h53,57H,6-52H2,1-5H3. The largest absolute Gasteiger partial charge is 0.545 e. The predicted molar refractivity (Wildman–Crippen MR) is 274 cm³/mol. The summed E-state index contributed by atoms with van der Waals surface area (Å²) in [6.07, 6.45) is 51.5. The summed E-state index contributed by atoms with van der Waals surface area (Å²) in [5.74, 6) is -2.25. The number of hydrogen-bond donors (Lipinski definition) is 0. The molecule has 0 saturated heterocycles. The molecule has 0 amide bonds. The number of hydrogen-bond acceptors (Lipinski definition) is 8. The molecule has 9 nitrogen and oxygen atoms in total. The number of unbranched alkanes of at least 4 members (excludes halogenated alkanes) is 39. The molecule has 0 rings (SSSR count). The molecule has 0 spiro atoms. The summed E-state index contributed by atoms with van der Waals surface area (Å²) in [5, 5.41) is 11.8. The van der Waals surface area contributed by atoms with E-state index in [-0.39, 0.29) is 32.2 Å². The molecule has 2 unspecified atom stereocenters. The van der Waals surface area contributed by atoms with Crippen molar-refractivity contribution in [1.29, 1.82) is 0 Å². The van der Waals surface area contributed by atoms with Gasteiger partial charge in [-0.1, -0.05) is 264 Å². The van der Waals surface area contributed by atoms with Gasteiger partial charge in [0, 0.05) is 12.8 Å². The van der Waals surface area contributed by atoms with Crippen molar-refractivity contribution in [3.05, 3.63) is 0 Å². The number of carboxylic acids is 1. The summed E-state index contributed by atoms with van der Waals surface area (Å²) in [5.41, 5.74) is 0. The molecule has 0 fully saturated rings. The molecule has 0 aromatic rings. The monoisotopic (exact) mass is 938 g/mol. The summed E-state index contributed by atoms with van der Waals surface area (Å²) in [6.45, 7) is 4.82. The SMILES string of the molecule is CCCCCCCCCCCCCCCCCCCCCCCCCCC(=O)OC(COC(=O)CCCCCCCCCCCCCCCCCCC)COC(OCC[N+](C)(C)C)C(=O)[O-]. The van der Waals surface area contributed by atoms with Gasteiger partial charge in [-0.25, -0.2) is 0 Å². The van der Waals surface area contributed by atoms with E-state index < -0.39 is 24.3 Å². The maximum atomic E-state index is 12.8. The Morgan fingerprint density at radius 1 is 0.394 bits per heavy atom. The Labute approximate surface area is 409 Å². The fourth-order valence-electron chi connectivity index (χ4n) is 8.66. The number of nitrogens with zero attached hydrogens (tertiary/aromatic N) is 1. The van der Waals surface area contributed by atoms with Gasteiger partial charge in [-0.05, 0) is 12.8 Å². The number of rotatable bonds is 54. The summed E-state index contributed by atoms with van der Waals surface area (Å²) in [7, 11) is 5.93. The van der Waals surface area contributed by atoms with Gasteiger partial charge in [0.2, 0.25) is 0 Å². The lowest BCUT2D eigenvalue weighted by molar-refractivity contribution is -0.870. The van der Waals surface area contributed by atoms with E-state index in [0.29, 0.717) is 17.4 Å². The van der Waals surface area contributed by atoms with Crippen molar-refractivity contribution in [2.75, 3.05) is 47.5 Å². The molecule has 0 aliphatic heterocycles. The van der Waals surface area contributed by atoms with Crippen LogP contribution in [-0.2, 0) is 33.3 Å². The van der Waals surface area contributed by atoms with E-state index in [2.05, 4.69) is 13.8 Å². The fourth-order valence-corrected chi connectivity index (χ4v) is 8.66. The van der Waals surface area contributed by atoms with Crippen LogP contribution in [0.25, 0.3) is 0 Å². The predicted octanol–water partition coefficient (Wildman–Crippen LogP) is 15.1. The van der Waals surface area contributed by atoms with Crippen LogP contribution in [0, 0.1) is 0 Å². The van der Waals surface area contributed by atoms with E-state index in [1.54, 1.807) is 0 Å². The summed E-state index contributed by atoms with van der Waals surface area (Å²) in [4.78, 5) is 37.2. The molecule has 0 aliphatic rings. The van der Waals surface area contributed by atoms with Crippen molar-refractivity contribution in [2.24, 2.45) is 0 Å². The highest BCUT2D eigenvalue weighted by molar-refractivity contribution is 5.70. The molecule has 0 aromatic heterocycles. The van der Waals surface area contributed by atoms with E-state index in [1.807, 2.05) is 21.1 Å². The van der Waals surface area contributed by atoms with Crippen LogP contribution in [0.3, 0.4) is 0 Å². The summed E-state index contributed by atoms with van der Waals surface area (Å²) >= 11 is 0. The number of ether oxygens (including phenoxy) is 4. The maximum absolute atomic E-state index is 12.8. The molecule has 66 heavy (non-hydrogen) atoms. The first-order chi connectivity index (χ1) is 32.1. The fraction of sp³-hybridized carbons (Fsp3) is 0.947. The van der Waals surface area contributed by atoms with Gasteiger partial charge in [0.05, 0.1) is 40.3 Å². The number of carbonyl (C=O) groups excluding carboxylic acids is 3.